The number of carbonyl (C=O) groups excluding carboxylic acids is 2. The molecule has 0 spiro atoms. The summed E-state index contributed by atoms with van der Waals surface area (Å²) in [6.45, 7) is 7.22. The van der Waals surface area contributed by atoms with Crippen LogP contribution in [0.4, 0.5) is 11.4 Å². The molecule has 1 aromatic heterocycles. The highest BCUT2D eigenvalue weighted by Crippen LogP contribution is 2.24. The molecule has 4 rings (SSSR count). The van der Waals surface area contributed by atoms with Gasteiger partial charge in [-0.1, -0.05) is 12.1 Å². The van der Waals surface area contributed by atoms with E-state index in [1.165, 1.54) is 0 Å². The van der Waals surface area contributed by atoms with Crippen LogP contribution in [0.5, 0.6) is 0 Å². The van der Waals surface area contributed by atoms with Gasteiger partial charge < -0.3 is 20.3 Å². The van der Waals surface area contributed by atoms with E-state index in [0.717, 1.165) is 27.6 Å². The van der Waals surface area contributed by atoms with E-state index in [4.69, 9.17) is 4.74 Å². The third-order valence-electron chi connectivity index (χ3n) is 5.35. The lowest BCUT2D eigenvalue weighted by Crippen LogP contribution is -2.48. The van der Waals surface area contributed by atoms with Gasteiger partial charge in [-0.25, -0.2) is 4.98 Å². The molecule has 1 saturated heterocycles. The molecule has 3 aromatic rings. The molecule has 7 nitrogen and oxygen atoms in total. The highest BCUT2D eigenvalue weighted by Gasteiger charge is 2.26. The molecule has 2 N–H and O–H groups in total. The maximum absolute atomic E-state index is 12.8. The fourth-order valence-electron chi connectivity index (χ4n) is 3.90. The Morgan fingerprint density at radius 3 is 2.48 bits per heavy atom. The Bertz CT molecular complexity index is 1120. The lowest BCUT2D eigenvalue weighted by Gasteiger charge is -2.35. The number of rotatable bonds is 6. The number of benzene rings is 2. The number of carbonyl (C=O) groups is 2. The van der Waals surface area contributed by atoms with Crippen LogP contribution in [0.25, 0.3) is 11.3 Å². The third-order valence-corrected chi connectivity index (χ3v) is 6.13. The molecule has 2 heterocycles. The van der Waals surface area contributed by atoms with Gasteiger partial charge in [-0.05, 0) is 57.2 Å². The van der Waals surface area contributed by atoms with Gasteiger partial charge in [0.15, 0.2) is 0 Å². The third kappa shape index (κ3) is 5.97. The first-order valence-corrected chi connectivity index (χ1v) is 11.9. The van der Waals surface area contributed by atoms with E-state index in [-0.39, 0.29) is 30.6 Å². The number of nitrogens with zero attached hydrogens (tertiary/aromatic N) is 2. The first kappa shape index (κ1) is 22.9. The minimum atomic E-state index is -0.155. The van der Waals surface area contributed by atoms with Gasteiger partial charge in [0.25, 0.3) is 5.91 Å². The summed E-state index contributed by atoms with van der Waals surface area (Å²) >= 11 is 1.60. The average molecular weight is 465 g/mol. The van der Waals surface area contributed by atoms with E-state index < -0.39 is 0 Å². The predicted octanol–water partition coefficient (Wildman–Crippen LogP) is 4.42. The van der Waals surface area contributed by atoms with Gasteiger partial charge in [0.1, 0.15) is 0 Å². The standard InChI is InChI=1S/C25H28N4O3S/c1-16-13-29(14-17(2)32-16)25(31)19-7-9-21(10-8-19)26-12-24(30)28-22-6-4-5-20(11-22)23-15-33-18(3)27-23/h4-11,15-17,26H,12-14H2,1-3H3,(H,28,30). The lowest BCUT2D eigenvalue weighted by molar-refractivity contribution is -0.114. The fraction of sp³-hybridized carbons (Fsp3) is 0.320. The van der Waals surface area contributed by atoms with Gasteiger partial charge in [-0.3, -0.25) is 9.59 Å². The molecule has 0 saturated carbocycles. The quantitative estimate of drug-likeness (QED) is 0.564. The zero-order valence-corrected chi connectivity index (χ0v) is 19.8. The molecule has 1 aliphatic rings. The highest BCUT2D eigenvalue weighted by molar-refractivity contribution is 7.09. The van der Waals surface area contributed by atoms with Crippen molar-refractivity contribution >= 4 is 34.5 Å². The number of hydrogen-bond donors (Lipinski definition) is 2. The normalized spacial score (nSPS) is 18.1. The number of aromatic nitrogens is 1. The molecule has 2 atom stereocenters. The lowest BCUT2D eigenvalue weighted by atomic mass is 10.1. The van der Waals surface area contributed by atoms with Crippen molar-refractivity contribution < 1.29 is 14.3 Å². The van der Waals surface area contributed by atoms with Gasteiger partial charge in [0, 0.05) is 41.0 Å². The second-order valence-electron chi connectivity index (χ2n) is 8.28. The van der Waals surface area contributed by atoms with Crippen LogP contribution in [0, 0.1) is 6.92 Å². The fourth-order valence-corrected chi connectivity index (χ4v) is 4.52. The van der Waals surface area contributed by atoms with Crippen molar-refractivity contribution in [3.05, 3.63) is 64.5 Å². The number of morpholine rings is 1. The van der Waals surface area contributed by atoms with Crippen molar-refractivity contribution in [1.82, 2.24) is 9.88 Å². The van der Waals surface area contributed by atoms with Crippen LogP contribution in [-0.2, 0) is 9.53 Å². The summed E-state index contributed by atoms with van der Waals surface area (Å²) in [5.74, 6) is -0.158. The van der Waals surface area contributed by atoms with E-state index in [1.54, 1.807) is 23.5 Å². The van der Waals surface area contributed by atoms with Crippen LogP contribution >= 0.6 is 11.3 Å². The van der Waals surface area contributed by atoms with E-state index in [1.807, 2.05) is 67.4 Å². The zero-order chi connectivity index (χ0) is 23.4. The van der Waals surface area contributed by atoms with E-state index >= 15 is 0 Å². The topological polar surface area (TPSA) is 83.6 Å². The van der Waals surface area contributed by atoms with Gasteiger partial charge >= 0.3 is 0 Å². The van der Waals surface area contributed by atoms with E-state index in [9.17, 15) is 9.59 Å². The van der Waals surface area contributed by atoms with Gasteiger partial charge in [0.05, 0.1) is 29.5 Å². The summed E-state index contributed by atoms with van der Waals surface area (Å²) in [6, 6.07) is 14.9. The summed E-state index contributed by atoms with van der Waals surface area (Å²) in [6.07, 6.45) is 0.0620. The molecule has 0 radical (unpaired) electrons. The van der Waals surface area contributed by atoms with Crippen LogP contribution in [-0.4, -0.2) is 53.5 Å². The molecule has 33 heavy (non-hydrogen) atoms. The SMILES string of the molecule is Cc1nc(-c2cccc(NC(=O)CNc3ccc(C(=O)N4CC(C)OC(C)C4)cc3)c2)cs1. The van der Waals surface area contributed by atoms with Crippen LogP contribution < -0.4 is 10.6 Å². The molecule has 1 aliphatic heterocycles. The predicted molar refractivity (Wildman–Crippen MR) is 132 cm³/mol. The number of hydrogen-bond acceptors (Lipinski definition) is 6. The summed E-state index contributed by atoms with van der Waals surface area (Å²) < 4.78 is 5.70. The van der Waals surface area contributed by atoms with Crippen molar-refractivity contribution in [3.8, 4) is 11.3 Å². The first-order valence-electron chi connectivity index (χ1n) is 11.0. The van der Waals surface area contributed by atoms with Crippen LogP contribution in [0.3, 0.4) is 0 Å². The molecule has 2 unspecified atom stereocenters. The van der Waals surface area contributed by atoms with Crippen LogP contribution in [0.2, 0.25) is 0 Å². The Labute approximate surface area is 197 Å². The van der Waals surface area contributed by atoms with E-state index in [0.29, 0.717) is 18.7 Å². The average Bonchev–Trinajstić information content (AvgIpc) is 3.23. The molecule has 1 fully saturated rings. The van der Waals surface area contributed by atoms with Gasteiger partial charge in [-0.15, -0.1) is 11.3 Å². The Balaban J connectivity index is 1.30. The molecule has 0 aliphatic carbocycles. The van der Waals surface area contributed by atoms with Crippen molar-refractivity contribution in [2.24, 2.45) is 0 Å². The Kier molecular flexibility index (Phi) is 7.05. The number of ether oxygens (including phenoxy) is 1. The van der Waals surface area contributed by atoms with Crippen molar-refractivity contribution in [2.75, 3.05) is 30.3 Å². The van der Waals surface area contributed by atoms with Gasteiger partial charge in [0.2, 0.25) is 5.91 Å². The minimum absolute atomic E-state index is 0.00326. The molecule has 8 heteroatoms. The summed E-state index contributed by atoms with van der Waals surface area (Å²) in [4.78, 5) is 31.5. The Morgan fingerprint density at radius 1 is 1.09 bits per heavy atom. The second kappa shape index (κ2) is 10.1. The van der Waals surface area contributed by atoms with Crippen molar-refractivity contribution in [2.45, 2.75) is 33.0 Å². The summed E-state index contributed by atoms with van der Waals surface area (Å²) in [5.41, 5.74) is 3.99. The first-order chi connectivity index (χ1) is 15.9. The number of thiazole rings is 1. The van der Waals surface area contributed by atoms with Crippen molar-refractivity contribution in [1.29, 1.82) is 0 Å². The number of nitrogens with one attached hydrogen (secondary N) is 2. The number of anilines is 2. The van der Waals surface area contributed by atoms with Crippen molar-refractivity contribution in [3.63, 3.8) is 0 Å². The molecular weight excluding hydrogens is 436 g/mol. The summed E-state index contributed by atoms with van der Waals surface area (Å²) in [5, 5.41) is 9.03. The van der Waals surface area contributed by atoms with Gasteiger partial charge in [-0.2, -0.15) is 0 Å². The Morgan fingerprint density at radius 2 is 1.82 bits per heavy atom. The molecular formula is C25H28N4O3S. The number of amides is 2. The van der Waals surface area contributed by atoms with Crippen LogP contribution in [0.1, 0.15) is 29.2 Å². The Hall–Kier alpha value is -3.23. The minimum Gasteiger partial charge on any atom is -0.376 e. The van der Waals surface area contributed by atoms with Crippen LogP contribution in [0.15, 0.2) is 53.9 Å². The largest absolute Gasteiger partial charge is 0.376 e. The monoisotopic (exact) mass is 464 g/mol. The smallest absolute Gasteiger partial charge is 0.254 e. The second-order valence-corrected chi connectivity index (χ2v) is 9.34. The number of aryl methyl sites for hydroxylation is 1. The molecule has 2 amide bonds. The maximum Gasteiger partial charge on any atom is 0.254 e. The maximum atomic E-state index is 12.8. The molecule has 2 aromatic carbocycles. The molecule has 172 valence electrons. The zero-order valence-electron chi connectivity index (χ0n) is 19.0. The summed E-state index contributed by atoms with van der Waals surface area (Å²) in [7, 11) is 0. The molecule has 0 bridgehead atoms. The highest BCUT2D eigenvalue weighted by atomic mass is 32.1. The van der Waals surface area contributed by atoms with E-state index in [2.05, 4.69) is 15.6 Å².